The van der Waals surface area contributed by atoms with E-state index < -0.39 is 0 Å². The summed E-state index contributed by atoms with van der Waals surface area (Å²) in [5.74, 6) is 0.754. The lowest BCUT2D eigenvalue weighted by molar-refractivity contribution is -0.117. The third-order valence-electron chi connectivity index (χ3n) is 3.88. The van der Waals surface area contributed by atoms with E-state index in [9.17, 15) is 4.79 Å². The molecule has 1 saturated carbocycles. The first-order valence-electron chi connectivity index (χ1n) is 7.91. The summed E-state index contributed by atoms with van der Waals surface area (Å²) < 4.78 is 0. The summed E-state index contributed by atoms with van der Waals surface area (Å²) >= 11 is 0. The third-order valence-corrected chi connectivity index (χ3v) is 3.88. The van der Waals surface area contributed by atoms with Crippen LogP contribution < -0.4 is 11.1 Å². The molecule has 0 aliphatic heterocycles. The molecule has 1 fully saturated rings. The van der Waals surface area contributed by atoms with Crippen LogP contribution in [0.1, 0.15) is 38.7 Å². The van der Waals surface area contributed by atoms with Crippen LogP contribution >= 0.6 is 0 Å². The van der Waals surface area contributed by atoms with Gasteiger partial charge in [-0.3, -0.25) is 9.69 Å². The number of carbonyl (C=O) groups excluding carboxylic acids is 1. The molecule has 1 aliphatic carbocycles. The van der Waals surface area contributed by atoms with Crippen LogP contribution in [-0.2, 0) is 11.3 Å². The summed E-state index contributed by atoms with van der Waals surface area (Å²) in [6.45, 7) is 6.49. The van der Waals surface area contributed by atoms with Crippen LogP contribution in [0.2, 0.25) is 0 Å². The van der Waals surface area contributed by atoms with Crippen molar-refractivity contribution < 1.29 is 4.79 Å². The molecule has 0 unspecified atom stereocenters. The van der Waals surface area contributed by atoms with Crippen molar-refractivity contribution in [3.05, 3.63) is 29.8 Å². The summed E-state index contributed by atoms with van der Waals surface area (Å²) in [6, 6.07) is 8.35. The zero-order valence-corrected chi connectivity index (χ0v) is 13.1. The second-order valence-electron chi connectivity index (χ2n) is 6.33. The largest absolute Gasteiger partial charge is 0.326 e. The number of anilines is 1. The minimum absolute atomic E-state index is 0.0751. The van der Waals surface area contributed by atoms with Crippen molar-refractivity contribution in [2.45, 2.75) is 45.7 Å². The van der Waals surface area contributed by atoms with Crippen LogP contribution in [0.3, 0.4) is 0 Å². The number of benzene rings is 1. The van der Waals surface area contributed by atoms with E-state index in [-0.39, 0.29) is 5.91 Å². The number of nitrogens with zero attached hydrogens (tertiary/aromatic N) is 1. The lowest BCUT2D eigenvalue weighted by Gasteiger charge is -2.22. The Bertz CT molecular complexity index is 452. The Hall–Kier alpha value is -1.39. The van der Waals surface area contributed by atoms with Crippen LogP contribution in [0.4, 0.5) is 5.69 Å². The number of nitrogens with two attached hydrogens (primary N) is 1. The smallest absolute Gasteiger partial charge is 0.238 e. The predicted octanol–water partition coefficient (Wildman–Crippen LogP) is 2.59. The van der Waals surface area contributed by atoms with Gasteiger partial charge in [-0.05, 0) is 49.4 Å². The molecule has 21 heavy (non-hydrogen) atoms. The van der Waals surface area contributed by atoms with Gasteiger partial charge in [-0.15, -0.1) is 0 Å². The van der Waals surface area contributed by atoms with Crippen molar-refractivity contribution in [3.63, 3.8) is 0 Å². The Morgan fingerprint density at radius 1 is 1.33 bits per heavy atom. The van der Waals surface area contributed by atoms with E-state index in [4.69, 9.17) is 5.73 Å². The fourth-order valence-electron chi connectivity index (χ4n) is 2.36. The Morgan fingerprint density at radius 2 is 2.00 bits per heavy atom. The number of nitrogens with one attached hydrogen (secondary N) is 1. The molecule has 4 heteroatoms. The SMILES string of the molecule is CC(C)CCN(CC(=O)Nc1ccc(CN)cc1)C1CC1. The van der Waals surface area contributed by atoms with Gasteiger partial charge in [0.1, 0.15) is 0 Å². The Morgan fingerprint density at radius 3 is 2.52 bits per heavy atom. The van der Waals surface area contributed by atoms with E-state index in [0.29, 0.717) is 25.0 Å². The molecule has 0 heterocycles. The number of carbonyl (C=O) groups is 1. The summed E-state index contributed by atoms with van der Waals surface area (Å²) in [6.07, 6.45) is 3.61. The minimum atomic E-state index is 0.0751. The van der Waals surface area contributed by atoms with Gasteiger partial charge < -0.3 is 11.1 Å². The van der Waals surface area contributed by atoms with Crippen LogP contribution in [0.15, 0.2) is 24.3 Å². The summed E-state index contributed by atoms with van der Waals surface area (Å²) in [5, 5.41) is 2.97. The van der Waals surface area contributed by atoms with Gasteiger partial charge in [0.25, 0.3) is 0 Å². The van der Waals surface area contributed by atoms with E-state index >= 15 is 0 Å². The predicted molar refractivity (Wildman–Crippen MR) is 87.0 cm³/mol. The molecular weight excluding hydrogens is 262 g/mol. The standard InChI is InChI=1S/C17H27N3O/c1-13(2)9-10-20(16-7-8-16)12-17(21)19-15-5-3-14(11-18)4-6-15/h3-6,13,16H,7-12,18H2,1-2H3,(H,19,21). The molecule has 0 radical (unpaired) electrons. The van der Waals surface area contributed by atoms with Crippen molar-refractivity contribution in [1.82, 2.24) is 4.90 Å². The summed E-state index contributed by atoms with van der Waals surface area (Å²) in [4.78, 5) is 14.5. The maximum atomic E-state index is 12.2. The van der Waals surface area contributed by atoms with E-state index in [2.05, 4.69) is 24.1 Å². The Labute approximate surface area is 127 Å². The molecule has 1 aliphatic rings. The first-order chi connectivity index (χ1) is 10.1. The molecule has 0 spiro atoms. The second-order valence-corrected chi connectivity index (χ2v) is 6.33. The molecule has 1 aromatic carbocycles. The molecule has 0 aromatic heterocycles. The quantitative estimate of drug-likeness (QED) is 0.773. The molecule has 0 saturated heterocycles. The zero-order valence-electron chi connectivity index (χ0n) is 13.1. The van der Waals surface area contributed by atoms with Gasteiger partial charge in [-0.25, -0.2) is 0 Å². The number of amides is 1. The highest BCUT2D eigenvalue weighted by Gasteiger charge is 2.29. The highest BCUT2D eigenvalue weighted by Crippen LogP contribution is 2.27. The van der Waals surface area contributed by atoms with Crippen LogP contribution in [-0.4, -0.2) is 29.9 Å². The van der Waals surface area contributed by atoms with Gasteiger partial charge >= 0.3 is 0 Å². The monoisotopic (exact) mass is 289 g/mol. The van der Waals surface area contributed by atoms with Gasteiger partial charge in [0, 0.05) is 18.3 Å². The van der Waals surface area contributed by atoms with E-state index in [1.165, 1.54) is 12.8 Å². The van der Waals surface area contributed by atoms with Crippen molar-refractivity contribution in [2.75, 3.05) is 18.4 Å². The molecule has 3 N–H and O–H groups in total. The molecule has 1 aromatic rings. The molecule has 0 bridgehead atoms. The van der Waals surface area contributed by atoms with Gasteiger partial charge in [0.05, 0.1) is 6.54 Å². The van der Waals surface area contributed by atoms with Crippen molar-refractivity contribution in [2.24, 2.45) is 11.7 Å². The topological polar surface area (TPSA) is 58.4 Å². The number of rotatable bonds is 8. The molecule has 4 nitrogen and oxygen atoms in total. The number of hydrogen-bond acceptors (Lipinski definition) is 3. The highest BCUT2D eigenvalue weighted by molar-refractivity contribution is 5.92. The third kappa shape index (κ3) is 5.48. The maximum Gasteiger partial charge on any atom is 0.238 e. The van der Waals surface area contributed by atoms with Gasteiger partial charge in [0.2, 0.25) is 5.91 Å². The highest BCUT2D eigenvalue weighted by atomic mass is 16.2. The fourth-order valence-corrected chi connectivity index (χ4v) is 2.36. The molecular formula is C17H27N3O. The molecule has 1 amide bonds. The minimum Gasteiger partial charge on any atom is -0.326 e. The Kier molecular flexibility index (Phi) is 5.76. The van der Waals surface area contributed by atoms with Crippen molar-refractivity contribution in [3.8, 4) is 0 Å². The first-order valence-corrected chi connectivity index (χ1v) is 7.91. The fraction of sp³-hybridized carbons (Fsp3) is 0.588. The van der Waals surface area contributed by atoms with E-state index in [1.807, 2.05) is 24.3 Å². The van der Waals surface area contributed by atoms with Crippen molar-refractivity contribution in [1.29, 1.82) is 0 Å². The normalized spacial score (nSPS) is 14.7. The molecule has 116 valence electrons. The van der Waals surface area contributed by atoms with Crippen LogP contribution in [0.5, 0.6) is 0 Å². The number of hydrogen-bond donors (Lipinski definition) is 2. The van der Waals surface area contributed by atoms with Gasteiger partial charge in [0.15, 0.2) is 0 Å². The van der Waals surface area contributed by atoms with Crippen LogP contribution in [0, 0.1) is 5.92 Å². The summed E-state index contributed by atoms with van der Waals surface area (Å²) in [7, 11) is 0. The van der Waals surface area contributed by atoms with Crippen molar-refractivity contribution >= 4 is 11.6 Å². The molecule has 2 rings (SSSR count). The lowest BCUT2D eigenvalue weighted by Crippen LogP contribution is -2.36. The summed E-state index contributed by atoms with van der Waals surface area (Å²) in [5.41, 5.74) is 7.49. The molecule has 0 atom stereocenters. The second kappa shape index (κ2) is 7.57. The average molecular weight is 289 g/mol. The van der Waals surface area contributed by atoms with Gasteiger partial charge in [-0.2, -0.15) is 0 Å². The lowest BCUT2D eigenvalue weighted by atomic mass is 10.1. The Balaban J connectivity index is 1.83. The maximum absolute atomic E-state index is 12.2. The van der Waals surface area contributed by atoms with Gasteiger partial charge in [-0.1, -0.05) is 26.0 Å². The first kappa shape index (κ1) is 16.0. The average Bonchev–Trinajstić information content (AvgIpc) is 3.28. The van der Waals surface area contributed by atoms with Crippen LogP contribution in [0.25, 0.3) is 0 Å². The zero-order chi connectivity index (χ0) is 15.2. The van der Waals surface area contributed by atoms with E-state index in [1.54, 1.807) is 0 Å². The van der Waals surface area contributed by atoms with E-state index in [0.717, 1.165) is 24.2 Å².